The number of carbonyl (C=O) groups is 1. The van der Waals surface area contributed by atoms with E-state index in [-0.39, 0.29) is 18.3 Å². The molecule has 112 valence electrons. The quantitative estimate of drug-likeness (QED) is 0.533. The maximum Gasteiger partial charge on any atom is 0.217 e. The van der Waals surface area contributed by atoms with Crippen molar-refractivity contribution in [3.63, 3.8) is 0 Å². The average Bonchev–Trinajstić information content (AvgIpc) is 2.34. The zero-order valence-corrected chi connectivity index (χ0v) is 12.2. The van der Waals surface area contributed by atoms with Gasteiger partial charge in [-0.25, -0.2) is 0 Å². The minimum Gasteiger partial charge on any atom is -0.388 e. The summed E-state index contributed by atoms with van der Waals surface area (Å²) in [7, 11) is 0. The topological polar surface area (TPSA) is 113 Å². The molecule has 0 aromatic carbocycles. The van der Waals surface area contributed by atoms with Gasteiger partial charge in [-0.3, -0.25) is 4.79 Å². The van der Waals surface area contributed by atoms with Crippen LogP contribution in [0.1, 0.15) is 20.3 Å². The van der Waals surface area contributed by atoms with Crippen LogP contribution in [0.15, 0.2) is 0 Å². The van der Waals surface area contributed by atoms with Gasteiger partial charge in [0.2, 0.25) is 5.91 Å². The van der Waals surface area contributed by atoms with Crippen LogP contribution in [0.25, 0.3) is 0 Å². The number of primary amides is 1. The van der Waals surface area contributed by atoms with Crippen molar-refractivity contribution in [2.45, 2.75) is 50.1 Å². The van der Waals surface area contributed by atoms with E-state index in [1.54, 1.807) is 6.26 Å². The summed E-state index contributed by atoms with van der Waals surface area (Å²) in [6.07, 6.45) is -2.57. The molecule has 1 rings (SSSR count). The SMILES string of the molecule is CSC1OC(C(CC(N)=O)C(C)C)C(O)C(O)C1O. The number of nitrogens with two attached hydrogens (primary N) is 1. The molecule has 6 nitrogen and oxygen atoms in total. The highest BCUT2D eigenvalue weighted by Gasteiger charge is 2.47. The molecular formula is C12H23NO5S. The summed E-state index contributed by atoms with van der Waals surface area (Å²) < 4.78 is 5.65. The van der Waals surface area contributed by atoms with Crippen molar-refractivity contribution in [3.8, 4) is 0 Å². The number of thioether (sulfide) groups is 1. The van der Waals surface area contributed by atoms with Crippen LogP contribution in [-0.2, 0) is 9.53 Å². The Labute approximate surface area is 117 Å². The van der Waals surface area contributed by atoms with E-state index in [0.717, 1.165) is 0 Å². The molecule has 0 spiro atoms. The van der Waals surface area contributed by atoms with Crippen LogP contribution in [0, 0.1) is 11.8 Å². The first kappa shape index (κ1) is 16.7. The number of hydrogen-bond donors (Lipinski definition) is 4. The van der Waals surface area contributed by atoms with Crippen molar-refractivity contribution in [1.82, 2.24) is 0 Å². The van der Waals surface area contributed by atoms with E-state index in [2.05, 4.69) is 0 Å². The molecule has 1 fully saturated rings. The molecule has 0 bridgehead atoms. The third-order valence-electron chi connectivity index (χ3n) is 3.55. The largest absolute Gasteiger partial charge is 0.388 e. The van der Waals surface area contributed by atoms with Gasteiger partial charge in [0.1, 0.15) is 23.7 Å². The Bertz CT molecular complexity index is 312. The molecule has 19 heavy (non-hydrogen) atoms. The highest BCUT2D eigenvalue weighted by molar-refractivity contribution is 7.99. The third kappa shape index (κ3) is 3.82. The summed E-state index contributed by atoms with van der Waals surface area (Å²) in [6, 6.07) is 0. The number of hydrogen-bond acceptors (Lipinski definition) is 6. The molecule has 6 unspecified atom stereocenters. The molecule has 1 saturated heterocycles. The van der Waals surface area contributed by atoms with E-state index in [1.165, 1.54) is 11.8 Å². The summed E-state index contributed by atoms with van der Waals surface area (Å²) in [6.45, 7) is 3.80. The van der Waals surface area contributed by atoms with Crippen LogP contribution in [0.5, 0.6) is 0 Å². The Hall–Kier alpha value is -0.340. The minimum absolute atomic E-state index is 0.0529. The highest BCUT2D eigenvalue weighted by Crippen LogP contribution is 2.34. The van der Waals surface area contributed by atoms with Crippen LogP contribution < -0.4 is 5.73 Å². The van der Waals surface area contributed by atoms with Crippen molar-refractivity contribution >= 4 is 17.7 Å². The van der Waals surface area contributed by atoms with E-state index in [0.29, 0.717) is 0 Å². The smallest absolute Gasteiger partial charge is 0.217 e. The fourth-order valence-corrected chi connectivity index (χ4v) is 3.07. The van der Waals surface area contributed by atoms with Crippen molar-refractivity contribution in [2.75, 3.05) is 6.26 Å². The maximum atomic E-state index is 11.1. The summed E-state index contributed by atoms with van der Waals surface area (Å²) in [4.78, 5) is 11.1. The molecule has 0 radical (unpaired) electrons. The van der Waals surface area contributed by atoms with Crippen LogP contribution in [-0.4, -0.2) is 57.3 Å². The molecule has 0 aromatic rings. The number of ether oxygens (including phenoxy) is 1. The lowest BCUT2D eigenvalue weighted by molar-refractivity contribution is -0.215. The number of rotatable bonds is 5. The Kier molecular flexibility index (Phi) is 6.07. The zero-order chi connectivity index (χ0) is 14.7. The van der Waals surface area contributed by atoms with Gasteiger partial charge in [0.25, 0.3) is 0 Å². The molecule has 1 aliphatic heterocycles. The van der Waals surface area contributed by atoms with Gasteiger partial charge in [0.05, 0.1) is 6.10 Å². The van der Waals surface area contributed by atoms with Crippen LogP contribution >= 0.6 is 11.8 Å². The monoisotopic (exact) mass is 293 g/mol. The molecule has 1 amide bonds. The second kappa shape index (κ2) is 6.90. The van der Waals surface area contributed by atoms with Gasteiger partial charge in [0, 0.05) is 6.42 Å². The first-order valence-electron chi connectivity index (χ1n) is 6.30. The molecule has 0 aromatic heterocycles. The summed E-state index contributed by atoms with van der Waals surface area (Å²) in [5.74, 6) is -0.725. The lowest BCUT2D eigenvalue weighted by Gasteiger charge is -2.44. The van der Waals surface area contributed by atoms with Crippen molar-refractivity contribution in [1.29, 1.82) is 0 Å². The lowest BCUT2D eigenvalue weighted by atomic mass is 9.81. The number of carbonyl (C=O) groups excluding carboxylic acids is 1. The van der Waals surface area contributed by atoms with Crippen LogP contribution in [0.4, 0.5) is 0 Å². The standard InChI is InChI=1S/C12H23NO5S/c1-5(2)6(4-7(13)14)11-9(16)8(15)10(17)12(18-11)19-3/h5-6,8-12,15-17H,4H2,1-3H3,(H2,13,14). The summed E-state index contributed by atoms with van der Waals surface area (Å²) in [5.41, 5.74) is 4.59. The van der Waals surface area contributed by atoms with Crippen LogP contribution in [0.2, 0.25) is 0 Å². The Morgan fingerprint density at radius 3 is 2.26 bits per heavy atom. The normalized spacial score (nSPS) is 37.3. The van der Waals surface area contributed by atoms with Crippen molar-refractivity contribution < 1.29 is 24.9 Å². The van der Waals surface area contributed by atoms with Gasteiger partial charge in [-0.2, -0.15) is 0 Å². The molecule has 1 heterocycles. The second-order valence-corrected chi connectivity index (χ2v) is 6.19. The van der Waals surface area contributed by atoms with Gasteiger partial charge < -0.3 is 25.8 Å². The van der Waals surface area contributed by atoms with E-state index in [1.807, 2.05) is 13.8 Å². The lowest BCUT2D eigenvalue weighted by Crippen LogP contribution is -2.59. The van der Waals surface area contributed by atoms with Gasteiger partial charge in [0.15, 0.2) is 0 Å². The first-order valence-corrected chi connectivity index (χ1v) is 7.59. The second-order valence-electron chi connectivity index (χ2n) is 5.25. The third-order valence-corrected chi connectivity index (χ3v) is 4.41. The Morgan fingerprint density at radius 1 is 1.26 bits per heavy atom. The highest BCUT2D eigenvalue weighted by atomic mass is 32.2. The predicted octanol–water partition coefficient (Wildman–Crippen LogP) is -0.695. The number of aliphatic hydroxyl groups excluding tert-OH is 3. The Morgan fingerprint density at radius 2 is 1.84 bits per heavy atom. The predicted molar refractivity (Wildman–Crippen MR) is 72.3 cm³/mol. The molecular weight excluding hydrogens is 270 g/mol. The van der Waals surface area contributed by atoms with Gasteiger partial charge in [-0.15, -0.1) is 11.8 Å². The fourth-order valence-electron chi connectivity index (χ4n) is 2.39. The first-order chi connectivity index (χ1) is 8.79. The van der Waals surface area contributed by atoms with Gasteiger partial charge in [-0.05, 0) is 18.1 Å². The Balaban J connectivity index is 2.91. The summed E-state index contributed by atoms with van der Waals surface area (Å²) >= 11 is 1.25. The van der Waals surface area contributed by atoms with Gasteiger partial charge in [-0.1, -0.05) is 13.8 Å². The van der Waals surface area contributed by atoms with Crippen LogP contribution in [0.3, 0.4) is 0 Å². The van der Waals surface area contributed by atoms with Gasteiger partial charge >= 0.3 is 0 Å². The number of amides is 1. The molecule has 0 saturated carbocycles. The molecule has 0 aliphatic carbocycles. The van der Waals surface area contributed by atoms with Crippen molar-refractivity contribution in [3.05, 3.63) is 0 Å². The van der Waals surface area contributed by atoms with Crippen molar-refractivity contribution in [2.24, 2.45) is 17.6 Å². The van der Waals surface area contributed by atoms with E-state index in [9.17, 15) is 20.1 Å². The molecule has 5 N–H and O–H groups in total. The average molecular weight is 293 g/mol. The minimum atomic E-state index is -1.29. The van der Waals surface area contributed by atoms with E-state index < -0.39 is 35.8 Å². The molecule has 1 aliphatic rings. The van der Waals surface area contributed by atoms with E-state index >= 15 is 0 Å². The zero-order valence-electron chi connectivity index (χ0n) is 11.4. The number of aliphatic hydroxyl groups is 3. The molecule has 6 atom stereocenters. The summed E-state index contributed by atoms with van der Waals surface area (Å²) in [5, 5.41) is 29.7. The molecule has 7 heteroatoms. The van der Waals surface area contributed by atoms with E-state index in [4.69, 9.17) is 10.5 Å². The fraction of sp³-hybridized carbons (Fsp3) is 0.917. The maximum absolute atomic E-state index is 11.1.